The monoisotopic (exact) mass is 504 g/mol. The van der Waals surface area contributed by atoms with Gasteiger partial charge in [0.2, 0.25) is 0 Å². The van der Waals surface area contributed by atoms with Gasteiger partial charge < -0.3 is 0 Å². The molecule has 0 bridgehead atoms. The Labute approximate surface area is 232 Å². The van der Waals surface area contributed by atoms with Crippen molar-refractivity contribution in [3.8, 4) is 22.3 Å². The Balaban J connectivity index is 1.44. The van der Waals surface area contributed by atoms with Crippen LogP contribution in [0.1, 0.15) is 0 Å². The van der Waals surface area contributed by atoms with E-state index in [9.17, 15) is 0 Å². The standard InChI is InChI=1S/C40H24/c1-2-8-25(9-3-1)32-23-29-17-15-27-18-20-36(35-21-19-30(24-32)37(29)38(27)35)40-34-13-7-5-11-28(34)22-31-16-14-26-10-4-6-12-33(26)39(31)40/h1-24H. The first-order chi connectivity index (χ1) is 19.8. The molecular formula is C40H24. The van der Waals surface area contributed by atoms with Crippen LogP contribution in [0, 0.1) is 0 Å². The summed E-state index contributed by atoms with van der Waals surface area (Å²) in [5, 5.41) is 15.7. The molecule has 0 amide bonds. The van der Waals surface area contributed by atoms with Crippen LogP contribution in [0.2, 0.25) is 0 Å². The summed E-state index contributed by atoms with van der Waals surface area (Å²) < 4.78 is 0. The van der Waals surface area contributed by atoms with Gasteiger partial charge in [0.15, 0.2) is 0 Å². The molecule has 0 aromatic heterocycles. The Kier molecular flexibility index (Phi) is 4.42. The molecule has 40 heavy (non-hydrogen) atoms. The van der Waals surface area contributed by atoms with E-state index in [-0.39, 0.29) is 0 Å². The van der Waals surface area contributed by atoms with Gasteiger partial charge >= 0.3 is 0 Å². The maximum absolute atomic E-state index is 2.35. The first-order valence-electron chi connectivity index (χ1n) is 13.9. The topological polar surface area (TPSA) is 0 Å². The van der Waals surface area contributed by atoms with E-state index in [1.165, 1.54) is 86.9 Å². The summed E-state index contributed by atoms with van der Waals surface area (Å²) in [5.41, 5.74) is 5.14. The van der Waals surface area contributed by atoms with E-state index in [0.717, 1.165) is 0 Å². The quantitative estimate of drug-likeness (QED) is 0.162. The fourth-order valence-corrected chi connectivity index (χ4v) is 6.95. The second-order valence-electron chi connectivity index (χ2n) is 10.9. The van der Waals surface area contributed by atoms with Crippen LogP contribution >= 0.6 is 0 Å². The lowest BCUT2D eigenvalue weighted by molar-refractivity contribution is 1.66. The summed E-state index contributed by atoms with van der Waals surface area (Å²) in [6, 6.07) is 53.9. The molecule has 0 radical (unpaired) electrons. The molecular weight excluding hydrogens is 480 g/mol. The van der Waals surface area contributed by atoms with Gasteiger partial charge in [-0.3, -0.25) is 0 Å². The van der Waals surface area contributed by atoms with Gasteiger partial charge in [-0.1, -0.05) is 127 Å². The highest BCUT2D eigenvalue weighted by Gasteiger charge is 2.18. The smallest absolute Gasteiger partial charge is 0.00143 e. The molecule has 0 N–H and O–H groups in total. The van der Waals surface area contributed by atoms with E-state index in [0.29, 0.717) is 0 Å². The minimum absolute atomic E-state index is 1.25. The van der Waals surface area contributed by atoms with Crippen molar-refractivity contribution in [2.24, 2.45) is 0 Å². The highest BCUT2D eigenvalue weighted by molar-refractivity contribution is 6.30. The molecule has 9 aromatic rings. The molecule has 0 saturated heterocycles. The largest absolute Gasteiger partial charge is 0.0622 e. The summed E-state index contributed by atoms with van der Waals surface area (Å²) in [4.78, 5) is 0. The first-order valence-corrected chi connectivity index (χ1v) is 13.9. The molecule has 0 aliphatic carbocycles. The minimum Gasteiger partial charge on any atom is -0.0622 e. The van der Waals surface area contributed by atoms with Gasteiger partial charge in [0.05, 0.1) is 0 Å². The number of hydrogen-bond donors (Lipinski definition) is 0. The first kappa shape index (κ1) is 21.7. The van der Waals surface area contributed by atoms with Crippen LogP contribution in [-0.4, -0.2) is 0 Å². The molecule has 0 aliphatic heterocycles. The Hall–Kier alpha value is -5.20. The highest BCUT2D eigenvalue weighted by Crippen LogP contribution is 2.46. The second-order valence-corrected chi connectivity index (χ2v) is 10.9. The van der Waals surface area contributed by atoms with Crippen molar-refractivity contribution in [1.82, 2.24) is 0 Å². The Morgan fingerprint density at radius 1 is 0.275 bits per heavy atom. The van der Waals surface area contributed by atoms with Crippen molar-refractivity contribution in [1.29, 1.82) is 0 Å². The SMILES string of the molecule is c1ccc(-c2cc3ccc4ccc(-c5c6ccccc6cc6ccc7ccccc7c56)c5ccc(c2)c3c45)cc1. The van der Waals surface area contributed by atoms with Gasteiger partial charge in [0.1, 0.15) is 0 Å². The zero-order chi connectivity index (χ0) is 26.2. The molecule has 0 saturated carbocycles. The molecule has 0 spiro atoms. The third-order valence-corrected chi connectivity index (χ3v) is 8.73. The molecule has 0 heterocycles. The molecule has 9 aromatic carbocycles. The Morgan fingerprint density at radius 2 is 0.875 bits per heavy atom. The maximum Gasteiger partial charge on any atom is -0.00143 e. The van der Waals surface area contributed by atoms with Gasteiger partial charge in [-0.2, -0.15) is 0 Å². The molecule has 9 rings (SSSR count). The van der Waals surface area contributed by atoms with E-state index in [4.69, 9.17) is 0 Å². The summed E-state index contributed by atoms with van der Waals surface area (Å²) in [5.74, 6) is 0. The number of benzene rings is 9. The van der Waals surface area contributed by atoms with Gasteiger partial charge in [-0.05, 0) is 105 Å². The predicted molar refractivity (Wildman–Crippen MR) is 174 cm³/mol. The van der Waals surface area contributed by atoms with E-state index < -0.39 is 0 Å². The van der Waals surface area contributed by atoms with Crippen molar-refractivity contribution in [2.75, 3.05) is 0 Å². The van der Waals surface area contributed by atoms with Crippen molar-refractivity contribution < 1.29 is 0 Å². The molecule has 0 unspecified atom stereocenters. The number of fused-ring (bicyclic) bond motifs is 4. The van der Waals surface area contributed by atoms with Crippen LogP contribution < -0.4 is 0 Å². The lowest BCUT2D eigenvalue weighted by Crippen LogP contribution is -1.91. The third kappa shape index (κ3) is 3.02. The van der Waals surface area contributed by atoms with E-state index in [1.807, 2.05) is 0 Å². The molecule has 0 fully saturated rings. The minimum atomic E-state index is 1.25. The maximum atomic E-state index is 2.35. The fraction of sp³-hybridized carbons (Fsp3) is 0. The molecule has 0 nitrogen and oxygen atoms in total. The number of hydrogen-bond acceptors (Lipinski definition) is 0. The third-order valence-electron chi connectivity index (χ3n) is 8.73. The van der Waals surface area contributed by atoms with E-state index in [2.05, 4.69) is 146 Å². The van der Waals surface area contributed by atoms with Crippen molar-refractivity contribution in [3.63, 3.8) is 0 Å². The second kappa shape index (κ2) is 8.15. The van der Waals surface area contributed by atoms with Crippen LogP contribution in [0.25, 0.3) is 86.9 Å². The fourth-order valence-electron chi connectivity index (χ4n) is 6.95. The lowest BCUT2D eigenvalue weighted by atomic mass is 9.84. The van der Waals surface area contributed by atoms with Crippen LogP contribution in [0.15, 0.2) is 146 Å². The number of rotatable bonds is 2. The normalized spacial score (nSPS) is 12.0. The van der Waals surface area contributed by atoms with Gasteiger partial charge in [0, 0.05) is 0 Å². The highest BCUT2D eigenvalue weighted by atomic mass is 14.2. The zero-order valence-electron chi connectivity index (χ0n) is 21.9. The van der Waals surface area contributed by atoms with Crippen LogP contribution in [0.3, 0.4) is 0 Å². The predicted octanol–water partition coefficient (Wildman–Crippen LogP) is 11.4. The van der Waals surface area contributed by atoms with Gasteiger partial charge in [0.25, 0.3) is 0 Å². The average Bonchev–Trinajstić information content (AvgIpc) is 3.02. The van der Waals surface area contributed by atoms with Crippen LogP contribution in [-0.2, 0) is 0 Å². The van der Waals surface area contributed by atoms with Gasteiger partial charge in [-0.25, -0.2) is 0 Å². The van der Waals surface area contributed by atoms with Gasteiger partial charge in [-0.15, -0.1) is 0 Å². The van der Waals surface area contributed by atoms with Crippen molar-refractivity contribution in [3.05, 3.63) is 146 Å². The average molecular weight is 505 g/mol. The van der Waals surface area contributed by atoms with E-state index >= 15 is 0 Å². The van der Waals surface area contributed by atoms with Crippen LogP contribution in [0.5, 0.6) is 0 Å². The summed E-state index contributed by atoms with van der Waals surface area (Å²) >= 11 is 0. The lowest BCUT2D eigenvalue weighted by Gasteiger charge is -2.19. The molecule has 184 valence electrons. The molecule has 0 aliphatic rings. The molecule has 0 atom stereocenters. The Morgan fingerprint density at radius 3 is 1.70 bits per heavy atom. The summed E-state index contributed by atoms with van der Waals surface area (Å²) in [7, 11) is 0. The van der Waals surface area contributed by atoms with Crippen molar-refractivity contribution >= 4 is 64.6 Å². The van der Waals surface area contributed by atoms with Crippen LogP contribution in [0.4, 0.5) is 0 Å². The summed E-state index contributed by atoms with van der Waals surface area (Å²) in [6.07, 6.45) is 0. The zero-order valence-corrected chi connectivity index (χ0v) is 21.9. The Bertz CT molecular complexity index is 2390. The van der Waals surface area contributed by atoms with Crippen molar-refractivity contribution in [2.45, 2.75) is 0 Å². The molecule has 0 heteroatoms. The summed E-state index contributed by atoms with van der Waals surface area (Å²) in [6.45, 7) is 0. The van der Waals surface area contributed by atoms with E-state index in [1.54, 1.807) is 0 Å².